The Morgan fingerprint density at radius 1 is 1.06 bits per heavy atom. The molecule has 2 aromatic carbocycles. The molecule has 0 N–H and O–H groups in total. The molecule has 0 bridgehead atoms. The molecule has 0 saturated carbocycles. The number of hydrogen-bond acceptors (Lipinski definition) is 8. The fourth-order valence-corrected chi connectivity index (χ4v) is 4.84. The highest BCUT2D eigenvalue weighted by Crippen LogP contribution is 2.33. The molecular formula is C21H26ClN3O5S2. The third-order valence-electron chi connectivity index (χ3n) is 4.49. The molecule has 0 fully saturated rings. The maximum atomic E-state index is 13.1. The van der Waals surface area contributed by atoms with Gasteiger partial charge in [-0.15, -0.1) is 12.4 Å². The number of amides is 1. The first-order chi connectivity index (χ1) is 14.7. The molecule has 0 spiro atoms. The highest BCUT2D eigenvalue weighted by molar-refractivity contribution is 7.91. The molecule has 11 heteroatoms. The lowest BCUT2D eigenvalue weighted by Gasteiger charge is -2.22. The first kappa shape index (κ1) is 25.9. The van der Waals surface area contributed by atoms with Gasteiger partial charge in [-0.05, 0) is 38.4 Å². The van der Waals surface area contributed by atoms with Crippen molar-refractivity contribution in [2.24, 2.45) is 0 Å². The van der Waals surface area contributed by atoms with Gasteiger partial charge in [-0.2, -0.15) is 0 Å². The largest absolute Gasteiger partial charge is 0.493 e. The first-order valence-corrected chi connectivity index (χ1v) is 12.2. The highest BCUT2D eigenvalue weighted by atomic mass is 35.5. The van der Waals surface area contributed by atoms with Gasteiger partial charge in [0.2, 0.25) is 0 Å². The van der Waals surface area contributed by atoms with Crippen LogP contribution in [0.1, 0.15) is 0 Å². The van der Waals surface area contributed by atoms with Gasteiger partial charge in [0.1, 0.15) is 5.52 Å². The minimum Gasteiger partial charge on any atom is -0.493 e. The fourth-order valence-electron chi connectivity index (χ4n) is 2.91. The molecule has 0 aliphatic carbocycles. The minimum absolute atomic E-state index is 0. The summed E-state index contributed by atoms with van der Waals surface area (Å²) in [6.07, 6.45) is 1.15. The maximum Gasteiger partial charge on any atom is 0.266 e. The second-order valence-electron chi connectivity index (χ2n) is 7.16. The smallest absolute Gasteiger partial charge is 0.266 e. The van der Waals surface area contributed by atoms with Crippen LogP contribution in [0.5, 0.6) is 11.5 Å². The van der Waals surface area contributed by atoms with Crippen LogP contribution in [-0.4, -0.2) is 71.4 Å². The molecule has 0 atom stereocenters. The third kappa shape index (κ3) is 6.10. The van der Waals surface area contributed by atoms with Gasteiger partial charge in [0, 0.05) is 19.3 Å². The van der Waals surface area contributed by atoms with E-state index in [1.54, 1.807) is 30.3 Å². The SMILES string of the molecule is COc1ccccc1OCC(=O)N(CCN(C)C)c1nc2c(S(C)(=O)=O)cccc2s1.Cl. The Morgan fingerprint density at radius 3 is 2.38 bits per heavy atom. The number of likely N-dealkylation sites (N-methyl/N-ethyl adjacent to an activating group) is 1. The van der Waals surface area contributed by atoms with E-state index in [1.807, 2.05) is 25.1 Å². The molecule has 32 heavy (non-hydrogen) atoms. The zero-order valence-corrected chi connectivity index (χ0v) is 20.7. The average molecular weight is 500 g/mol. The van der Waals surface area contributed by atoms with Crippen LogP contribution in [0.3, 0.4) is 0 Å². The summed E-state index contributed by atoms with van der Waals surface area (Å²) in [4.78, 5) is 21.2. The second-order valence-corrected chi connectivity index (χ2v) is 10.2. The van der Waals surface area contributed by atoms with Crippen molar-refractivity contribution in [2.75, 3.05) is 52.1 Å². The standard InChI is InChI=1S/C21H25N3O5S2.ClH/c1-23(2)12-13-24(19(25)14-29-16-9-6-5-8-15(16)28-3)21-22-20-17(30-21)10-7-11-18(20)31(4,26)27;/h5-11H,12-14H2,1-4H3;1H. The van der Waals surface area contributed by atoms with Crippen LogP contribution in [0, 0.1) is 0 Å². The summed E-state index contributed by atoms with van der Waals surface area (Å²) in [6.45, 7) is 0.785. The normalized spacial score (nSPS) is 11.3. The monoisotopic (exact) mass is 499 g/mol. The Kier molecular flexibility index (Phi) is 8.85. The van der Waals surface area contributed by atoms with Crippen LogP contribution in [-0.2, 0) is 14.6 Å². The van der Waals surface area contributed by atoms with Crippen molar-refractivity contribution in [3.05, 3.63) is 42.5 Å². The number of para-hydroxylation sites is 3. The predicted octanol–water partition coefficient (Wildman–Crippen LogP) is 3.10. The first-order valence-electron chi connectivity index (χ1n) is 9.51. The maximum absolute atomic E-state index is 13.1. The molecule has 0 unspecified atom stereocenters. The zero-order chi connectivity index (χ0) is 22.6. The number of ether oxygens (including phenoxy) is 2. The lowest BCUT2D eigenvalue weighted by atomic mass is 10.3. The number of thiazole rings is 1. The topological polar surface area (TPSA) is 89.0 Å². The van der Waals surface area contributed by atoms with Gasteiger partial charge < -0.3 is 14.4 Å². The predicted molar refractivity (Wildman–Crippen MR) is 129 cm³/mol. The number of anilines is 1. The van der Waals surface area contributed by atoms with E-state index in [4.69, 9.17) is 9.47 Å². The number of methoxy groups -OCH3 is 1. The summed E-state index contributed by atoms with van der Waals surface area (Å²) < 4.78 is 35.9. The van der Waals surface area contributed by atoms with Crippen molar-refractivity contribution in [2.45, 2.75) is 4.90 Å². The Morgan fingerprint density at radius 2 is 1.75 bits per heavy atom. The Labute approximate surface area is 198 Å². The van der Waals surface area contributed by atoms with E-state index in [2.05, 4.69) is 4.98 Å². The molecule has 3 aromatic rings. The molecule has 0 aliphatic rings. The van der Waals surface area contributed by atoms with Crippen LogP contribution in [0.25, 0.3) is 10.2 Å². The number of hydrogen-bond donors (Lipinski definition) is 0. The van der Waals surface area contributed by atoms with Crippen molar-refractivity contribution in [1.29, 1.82) is 0 Å². The molecule has 3 rings (SSSR count). The number of nitrogens with zero attached hydrogens (tertiary/aromatic N) is 3. The number of benzene rings is 2. The lowest BCUT2D eigenvalue weighted by Crippen LogP contribution is -2.39. The lowest BCUT2D eigenvalue weighted by molar-refractivity contribution is -0.120. The zero-order valence-electron chi connectivity index (χ0n) is 18.3. The number of carbonyl (C=O) groups is 1. The van der Waals surface area contributed by atoms with Crippen LogP contribution < -0.4 is 14.4 Å². The molecule has 8 nitrogen and oxygen atoms in total. The van der Waals surface area contributed by atoms with E-state index in [1.165, 1.54) is 29.4 Å². The number of rotatable bonds is 9. The van der Waals surface area contributed by atoms with E-state index >= 15 is 0 Å². The quantitative estimate of drug-likeness (QED) is 0.447. The average Bonchev–Trinajstić information content (AvgIpc) is 3.15. The van der Waals surface area contributed by atoms with E-state index < -0.39 is 9.84 Å². The Balaban J connectivity index is 0.00000363. The molecule has 1 heterocycles. The Hall–Kier alpha value is -2.40. The van der Waals surface area contributed by atoms with Crippen molar-refractivity contribution >= 4 is 54.8 Å². The van der Waals surface area contributed by atoms with Crippen molar-refractivity contribution in [3.63, 3.8) is 0 Å². The van der Waals surface area contributed by atoms with Crippen LogP contribution in [0.15, 0.2) is 47.4 Å². The Bertz CT molecular complexity index is 1180. The fraction of sp³-hybridized carbons (Fsp3) is 0.333. The van der Waals surface area contributed by atoms with E-state index in [0.717, 1.165) is 6.26 Å². The van der Waals surface area contributed by atoms with E-state index in [0.29, 0.717) is 39.9 Å². The molecule has 0 saturated heterocycles. The number of aromatic nitrogens is 1. The van der Waals surface area contributed by atoms with E-state index in [-0.39, 0.29) is 29.8 Å². The van der Waals surface area contributed by atoms with Gasteiger partial charge in [0.15, 0.2) is 33.1 Å². The van der Waals surface area contributed by atoms with Gasteiger partial charge >= 0.3 is 0 Å². The van der Waals surface area contributed by atoms with Gasteiger partial charge in [-0.25, -0.2) is 13.4 Å². The third-order valence-corrected chi connectivity index (χ3v) is 6.67. The summed E-state index contributed by atoms with van der Waals surface area (Å²) in [6, 6.07) is 12.1. The summed E-state index contributed by atoms with van der Waals surface area (Å²) in [7, 11) is 1.91. The second kappa shape index (κ2) is 11.0. The van der Waals surface area contributed by atoms with Gasteiger partial charge in [0.05, 0.1) is 16.7 Å². The highest BCUT2D eigenvalue weighted by Gasteiger charge is 2.23. The summed E-state index contributed by atoms with van der Waals surface area (Å²) in [5.41, 5.74) is 0.373. The summed E-state index contributed by atoms with van der Waals surface area (Å²) >= 11 is 1.28. The van der Waals surface area contributed by atoms with Gasteiger partial charge in [0.25, 0.3) is 5.91 Å². The molecule has 0 aliphatic heterocycles. The molecule has 1 amide bonds. The number of fused-ring (bicyclic) bond motifs is 1. The summed E-state index contributed by atoms with van der Waals surface area (Å²) in [5.74, 6) is 0.718. The molecular weight excluding hydrogens is 474 g/mol. The van der Waals surface area contributed by atoms with Crippen molar-refractivity contribution in [3.8, 4) is 11.5 Å². The van der Waals surface area contributed by atoms with Crippen LogP contribution in [0.4, 0.5) is 5.13 Å². The van der Waals surface area contributed by atoms with E-state index in [9.17, 15) is 13.2 Å². The number of sulfone groups is 1. The number of halogens is 1. The van der Waals surface area contributed by atoms with Crippen LogP contribution >= 0.6 is 23.7 Å². The van der Waals surface area contributed by atoms with Crippen LogP contribution in [0.2, 0.25) is 0 Å². The number of carbonyl (C=O) groups excluding carboxylic acids is 1. The van der Waals surface area contributed by atoms with Gasteiger partial charge in [-0.3, -0.25) is 9.69 Å². The molecule has 1 aromatic heterocycles. The molecule has 0 radical (unpaired) electrons. The summed E-state index contributed by atoms with van der Waals surface area (Å²) in [5, 5.41) is 0.432. The minimum atomic E-state index is -3.45. The molecule has 174 valence electrons. The van der Waals surface area contributed by atoms with Crippen molar-refractivity contribution in [1.82, 2.24) is 9.88 Å². The van der Waals surface area contributed by atoms with Crippen molar-refractivity contribution < 1.29 is 22.7 Å². The van der Waals surface area contributed by atoms with Gasteiger partial charge in [-0.1, -0.05) is 29.5 Å².